The summed E-state index contributed by atoms with van der Waals surface area (Å²) < 4.78 is 52.4. The highest BCUT2D eigenvalue weighted by Crippen LogP contribution is 2.40. The van der Waals surface area contributed by atoms with Gasteiger partial charge in [-0.1, -0.05) is 30.4 Å². The van der Waals surface area contributed by atoms with Gasteiger partial charge in [0.1, 0.15) is 5.82 Å². The first-order valence-corrected chi connectivity index (χ1v) is 9.98. The van der Waals surface area contributed by atoms with Crippen molar-refractivity contribution in [1.29, 1.82) is 0 Å². The largest absolute Gasteiger partial charge is 0.419 e. The zero-order valence-electron chi connectivity index (χ0n) is 16.0. The summed E-state index contributed by atoms with van der Waals surface area (Å²) >= 11 is 0. The molecule has 0 radical (unpaired) electrons. The molecule has 28 heavy (non-hydrogen) atoms. The molecule has 0 aliphatic heterocycles. The maximum absolute atomic E-state index is 14.0. The first-order valence-electron chi connectivity index (χ1n) is 9.98. The topological polar surface area (TPSA) is 0 Å². The summed E-state index contributed by atoms with van der Waals surface area (Å²) in [4.78, 5) is 0. The highest BCUT2D eigenvalue weighted by Gasteiger charge is 2.34. The lowest BCUT2D eigenvalue weighted by atomic mass is 9.74. The normalized spacial score (nSPS) is 22.2. The van der Waals surface area contributed by atoms with Crippen molar-refractivity contribution in [3.05, 3.63) is 81.7 Å². The third-order valence-corrected chi connectivity index (χ3v) is 6.32. The van der Waals surface area contributed by atoms with E-state index in [9.17, 15) is 17.6 Å². The van der Waals surface area contributed by atoms with Gasteiger partial charge in [0.2, 0.25) is 0 Å². The second-order valence-corrected chi connectivity index (χ2v) is 8.05. The Labute approximate surface area is 163 Å². The molecule has 0 fully saturated rings. The molecule has 148 valence electrons. The van der Waals surface area contributed by atoms with Gasteiger partial charge in [-0.2, -0.15) is 13.2 Å². The average Bonchev–Trinajstić information content (AvgIpc) is 2.66. The number of benzene rings is 2. The van der Waals surface area contributed by atoms with Crippen molar-refractivity contribution in [3.63, 3.8) is 0 Å². The number of allylic oxidation sites excluding steroid dienone is 2. The van der Waals surface area contributed by atoms with Gasteiger partial charge in [-0.05, 0) is 97.2 Å². The van der Waals surface area contributed by atoms with E-state index in [1.54, 1.807) is 0 Å². The molecule has 2 aromatic carbocycles. The van der Waals surface area contributed by atoms with Crippen molar-refractivity contribution < 1.29 is 17.6 Å². The van der Waals surface area contributed by atoms with Crippen LogP contribution >= 0.6 is 0 Å². The number of hydrogen-bond donors (Lipinski definition) is 0. The summed E-state index contributed by atoms with van der Waals surface area (Å²) in [6, 6.07) is 7.81. The highest BCUT2D eigenvalue weighted by atomic mass is 19.4. The number of halogens is 4. The Hall–Kier alpha value is -2.10. The fraction of sp³-hybridized carbons (Fsp3) is 0.417. The summed E-state index contributed by atoms with van der Waals surface area (Å²) in [5.74, 6) is -0.486. The first-order chi connectivity index (χ1) is 13.4. The fourth-order valence-corrected chi connectivity index (χ4v) is 4.93. The van der Waals surface area contributed by atoms with E-state index in [1.807, 2.05) is 0 Å². The van der Waals surface area contributed by atoms with Gasteiger partial charge in [-0.3, -0.25) is 0 Å². The molecule has 0 spiro atoms. The van der Waals surface area contributed by atoms with Crippen LogP contribution in [0.1, 0.15) is 59.1 Å². The van der Waals surface area contributed by atoms with Gasteiger partial charge in [0.15, 0.2) is 0 Å². The van der Waals surface area contributed by atoms with Crippen LogP contribution in [0.2, 0.25) is 0 Å². The minimum Gasteiger partial charge on any atom is -0.206 e. The summed E-state index contributed by atoms with van der Waals surface area (Å²) in [5.41, 5.74) is 5.11. The van der Waals surface area contributed by atoms with Crippen LogP contribution < -0.4 is 0 Å². The van der Waals surface area contributed by atoms with Crippen LogP contribution in [0.3, 0.4) is 0 Å². The lowest BCUT2D eigenvalue weighted by Crippen LogP contribution is -2.20. The van der Waals surface area contributed by atoms with Crippen LogP contribution in [0.15, 0.2) is 42.5 Å². The summed E-state index contributed by atoms with van der Waals surface area (Å²) in [5, 5.41) is 0. The van der Waals surface area contributed by atoms with Crippen molar-refractivity contribution in [2.45, 2.75) is 57.5 Å². The third kappa shape index (κ3) is 3.61. The molecule has 0 nitrogen and oxygen atoms in total. The van der Waals surface area contributed by atoms with Crippen molar-refractivity contribution in [2.24, 2.45) is 5.92 Å². The van der Waals surface area contributed by atoms with Crippen LogP contribution in [-0.4, -0.2) is 0 Å². The van der Waals surface area contributed by atoms with E-state index in [0.29, 0.717) is 11.5 Å². The zero-order valence-corrected chi connectivity index (χ0v) is 16.0. The van der Waals surface area contributed by atoms with Crippen molar-refractivity contribution in [2.75, 3.05) is 0 Å². The third-order valence-electron chi connectivity index (χ3n) is 6.32. The van der Waals surface area contributed by atoms with E-state index in [0.717, 1.165) is 44.2 Å². The Kier molecular flexibility index (Phi) is 5.07. The van der Waals surface area contributed by atoms with Crippen LogP contribution in [0.4, 0.5) is 17.6 Å². The van der Waals surface area contributed by atoms with Crippen LogP contribution in [0.5, 0.6) is 0 Å². The number of alkyl halides is 3. The molecule has 0 amide bonds. The molecule has 0 N–H and O–H groups in total. The average molecular weight is 388 g/mol. The van der Waals surface area contributed by atoms with E-state index >= 15 is 0 Å². The molecule has 2 aromatic rings. The molecule has 2 aliphatic carbocycles. The SMILES string of the molecule is CC=C[C@H]1CCc2c(ccc3c2CC[C@H](c2ccc(C(F)(F)F)c(F)c2)C3)C1. The first kappa shape index (κ1) is 19.2. The van der Waals surface area contributed by atoms with E-state index in [4.69, 9.17) is 0 Å². The smallest absolute Gasteiger partial charge is 0.206 e. The number of hydrogen-bond acceptors (Lipinski definition) is 0. The Balaban J connectivity index is 1.57. The summed E-state index contributed by atoms with van der Waals surface area (Å²) in [6.07, 6.45) is 5.65. The highest BCUT2D eigenvalue weighted by molar-refractivity contribution is 5.46. The van der Waals surface area contributed by atoms with Crippen LogP contribution in [-0.2, 0) is 31.9 Å². The van der Waals surface area contributed by atoms with E-state index in [-0.39, 0.29) is 5.92 Å². The summed E-state index contributed by atoms with van der Waals surface area (Å²) in [7, 11) is 0. The van der Waals surface area contributed by atoms with Crippen molar-refractivity contribution in [3.8, 4) is 0 Å². The predicted octanol–water partition coefficient (Wildman–Crippen LogP) is 6.80. The molecule has 0 heterocycles. The Morgan fingerprint density at radius 1 is 0.929 bits per heavy atom. The van der Waals surface area contributed by atoms with E-state index in [2.05, 4.69) is 31.2 Å². The van der Waals surface area contributed by atoms with Crippen LogP contribution in [0, 0.1) is 11.7 Å². The molecule has 0 bridgehead atoms. The van der Waals surface area contributed by atoms with Gasteiger partial charge in [0.25, 0.3) is 0 Å². The molecular formula is C24H24F4. The maximum Gasteiger partial charge on any atom is 0.419 e. The van der Waals surface area contributed by atoms with E-state index < -0.39 is 17.6 Å². The minimum absolute atomic E-state index is 0.0710. The van der Waals surface area contributed by atoms with Crippen molar-refractivity contribution >= 4 is 0 Å². The van der Waals surface area contributed by atoms with Gasteiger partial charge in [0.05, 0.1) is 5.56 Å². The molecule has 0 unspecified atom stereocenters. The second-order valence-electron chi connectivity index (χ2n) is 8.05. The second kappa shape index (κ2) is 7.38. The molecule has 4 heteroatoms. The predicted molar refractivity (Wildman–Crippen MR) is 103 cm³/mol. The van der Waals surface area contributed by atoms with Crippen LogP contribution in [0.25, 0.3) is 0 Å². The quantitative estimate of drug-likeness (QED) is 0.392. The molecule has 2 atom stereocenters. The number of rotatable bonds is 2. The van der Waals surface area contributed by atoms with Gasteiger partial charge in [0, 0.05) is 0 Å². The van der Waals surface area contributed by atoms with Gasteiger partial charge >= 0.3 is 6.18 Å². The van der Waals surface area contributed by atoms with Crippen molar-refractivity contribution in [1.82, 2.24) is 0 Å². The van der Waals surface area contributed by atoms with E-state index in [1.165, 1.54) is 34.7 Å². The lowest BCUT2D eigenvalue weighted by Gasteiger charge is -2.31. The molecule has 4 rings (SSSR count). The molecule has 0 aromatic heterocycles. The fourth-order valence-electron chi connectivity index (χ4n) is 4.93. The molecular weight excluding hydrogens is 364 g/mol. The van der Waals surface area contributed by atoms with Gasteiger partial charge in [-0.15, -0.1) is 0 Å². The Morgan fingerprint density at radius 2 is 1.61 bits per heavy atom. The van der Waals surface area contributed by atoms with Gasteiger partial charge < -0.3 is 0 Å². The lowest BCUT2D eigenvalue weighted by molar-refractivity contribution is -0.140. The Bertz CT molecular complexity index is 908. The molecule has 0 saturated carbocycles. The van der Waals surface area contributed by atoms with Gasteiger partial charge in [-0.25, -0.2) is 4.39 Å². The maximum atomic E-state index is 14.0. The standard InChI is InChI=1S/C24H24F4/c1-2-3-15-4-9-20-18(12-15)5-6-19-13-16(7-10-21(19)20)17-8-11-22(23(25)14-17)24(26,27)28/h2-3,5-6,8,11,14-16H,4,7,9-10,12-13H2,1H3/t15-,16-/m0/s1. The number of fused-ring (bicyclic) bond motifs is 3. The zero-order chi connectivity index (χ0) is 19.9. The monoisotopic (exact) mass is 388 g/mol. The molecule has 0 saturated heterocycles. The summed E-state index contributed by atoms with van der Waals surface area (Å²) in [6.45, 7) is 2.06. The Morgan fingerprint density at radius 3 is 2.25 bits per heavy atom. The minimum atomic E-state index is -4.65. The molecule has 2 aliphatic rings.